The van der Waals surface area contributed by atoms with Gasteiger partial charge in [0.05, 0.1) is 0 Å². The van der Waals surface area contributed by atoms with Crippen LogP contribution in [0.3, 0.4) is 0 Å². The van der Waals surface area contributed by atoms with E-state index in [1.54, 1.807) is 0 Å². The fourth-order valence-electron chi connectivity index (χ4n) is 3.48. The number of nitrogens with one attached hydrogen (secondary N) is 1. The van der Waals surface area contributed by atoms with Gasteiger partial charge in [-0.15, -0.1) is 0 Å². The average molecular weight is 223 g/mol. The first-order chi connectivity index (χ1) is 7.29. The summed E-state index contributed by atoms with van der Waals surface area (Å²) < 4.78 is 2.95. The van der Waals surface area contributed by atoms with E-state index >= 15 is 0 Å². The molecule has 2 saturated carbocycles. The Morgan fingerprint density at radius 3 is 2.93 bits per heavy atom. The molecule has 0 spiro atoms. The molecule has 3 unspecified atom stereocenters. The van der Waals surface area contributed by atoms with Crippen LogP contribution in [0.15, 0.2) is 0 Å². The Morgan fingerprint density at radius 1 is 1.47 bits per heavy atom. The smallest absolute Gasteiger partial charge is 0.195 e. The summed E-state index contributed by atoms with van der Waals surface area (Å²) in [6.45, 7) is 3.08. The van der Waals surface area contributed by atoms with Crippen LogP contribution >= 0.6 is 12.2 Å². The van der Waals surface area contributed by atoms with Crippen LogP contribution in [0, 0.1) is 16.6 Å². The third-order valence-corrected chi connectivity index (χ3v) is 4.49. The van der Waals surface area contributed by atoms with Gasteiger partial charge in [0.1, 0.15) is 5.82 Å². The second-order valence-corrected chi connectivity index (χ2v) is 5.30. The van der Waals surface area contributed by atoms with Crippen molar-refractivity contribution in [1.29, 1.82) is 0 Å². The van der Waals surface area contributed by atoms with Crippen molar-refractivity contribution < 1.29 is 0 Å². The number of hydrogen-bond donors (Lipinski definition) is 1. The number of H-pyrrole nitrogens is 1. The molecule has 0 aromatic carbocycles. The summed E-state index contributed by atoms with van der Waals surface area (Å²) in [6, 6.07) is 0. The lowest BCUT2D eigenvalue weighted by molar-refractivity contribution is 0.393. The first-order valence-corrected chi connectivity index (χ1v) is 6.35. The van der Waals surface area contributed by atoms with Gasteiger partial charge >= 0.3 is 0 Å². The second-order valence-electron chi connectivity index (χ2n) is 4.91. The maximum absolute atomic E-state index is 5.24. The minimum Gasteiger partial charge on any atom is -0.304 e. The zero-order valence-electron chi connectivity index (χ0n) is 9.07. The van der Waals surface area contributed by atoms with Crippen LogP contribution in [-0.2, 0) is 6.54 Å². The molecule has 1 aromatic heterocycles. The van der Waals surface area contributed by atoms with Crippen molar-refractivity contribution in [3.05, 3.63) is 10.6 Å². The Hall–Kier alpha value is -0.640. The molecule has 3 rings (SSSR count). The summed E-state index contributed by atoms with van der Waals surface area (Å²) >= 11 is 5.24. The predicted molar refractivity (Wildman–Crippen MR) is 61.3 cm³/mol. The molecule has 1 heterocycles. The second kappa shape index (κ2) is 3.44. The monoisotopic (exact) mass is 223 g/mol. The lowest BCUT2D eigenvalue weighted by atomic mass is 9.88. The van der Waals surface area contributed by atoms with Crippen LogP contribution in [0.4, 0.5) is 0 Å². The van der Waals surface area contributed by atoms with Gasteiger partial charge < -0.3 is 4.57 Å². The molecular weight excluding hydrogens is 206 g/mol. The van der Waals surface area contributed by atoms with E-state index in [0.29, 0.717) is 5.92 Å². The Kier molecular flexibility index (Phi) is 2.20. The van der Waals surface area contributed by atoms with Gasteiger partial charge in [0.25, 0.3) is 0 Å². The third-order valence-electron chi connectivity index (χ3n) is 4.17. The highest BCUT2D eigenvalue weighted by Crippen LogP contribution is 2.52. The average Bonchev–Trinajstić information content (AvgIpc) is 2.90. The van der Waals surface area contributed by atoms with Gasteiger partial charge in [-0.25, -0.2) is 0 Å². The van der Waals surface area contributed by atoms with E-state index in [0.717, 1.165) is 23.2 Å². The topological polar surface area (TPSA) is 33.6 Å². The Balaban J connectivity index is 1.96. The largest absolute Gasteiger partial charge is 0.304 e. The lowest BCUT2D eigenvalue weighted by Crippen LogP contribution is -2.14. The molecule has 0 aliphatic heterocycles. The molecule has 2 fully saturated rings. The maximum atomic E-state index is 5.24. The maximum Gasteiger partial charge on any atom is 0.195 e. The zero-order chi connectivity index (χ0) is 10.4. The van der Waals surface area contributed by atoms with E-state index in [1.807, 2.05) is 0 Å². The van der Waals surface area contributed by atoms with Gasteiger partial charge in [0.2, 0.25) is 0 Å². The van der Waals surface area contributed by atoms with Crippen molar-refractivity contribution in [2.24, 2.45) is 11.8 Å². The number of rotatable bonds is 2. The van der Waals surface area contributed by atoms with E-state index in [-0.39, 0.29) is 0 Å². The molecule has 82 valence electrons. The minimum absolute atomic E-state index is 0.677. The van der Waals surface area contributed by atoms with Crippen LogP contribution < -0.4 is 0 Å². The fourth-order valence-corrected chi connectivity index (χ4v) is 3.75. The lowest BCUT2D eigenvalue weighted by Gasteiger charge is -2.20. The van der Waals surface area contributed by atoms with Gasteiger partial charge in [-0.3, -0.25) is 5.10 Å². The summed E-state index contributed by atoms with van der Waals surface area (Å²) in [5, 5.41) is 7.37. The Labute approximate surface area is 94.9 Å². The van der Waals surface area contributed by atoms with Crippen molar-refractivity contribution in [3.63, 3.8) is 0 Å². The van der Waals surface area contributed by atoms with E-state index in [9.17, 15) is 0 Å². The Morgan fingerprint density at radius 2 is 2.33 bits per heavy atom. The fraction of sp³-hybridized carbons (Fsp3) is 0.818. The van der Waals surface area contributed by atoms with Crippen molar-refractivity contribution in [2.75, 3.05) is 0 Å². The molecule has 0 radical (unpaired) electrons. The van der Waals surface area contributed by atoms with Crippen molar-refractivity contribution in [1.82, 2.24) is 14.8 Å². The molecule has 2 aliphatic rings. The Bertz CT molecular complexity index is 420. The number of fused-ring (bicyclic) bond motifs is 2. The molecular formula is C11H17N3S. The summed E-state index contributed by atoms with van der Waals surface area (Å²) in [4.78, 5) is 0. The number of nitrogens with zero attached hydrogens (tertiary/aromatic N) is 2. The molecule has 2 bridgehead atoms. The zero-order valence-corrected chi connectivity index (χ0v) is 9.89. The molecule has 1 N–H and O–H groups in total. The molecule has 4 heteroatoms. The van der Waals surface area contributed by atoms with Gasteiger partial charge in [0.15, 0.2) is 4.77 Å². The number of aromatic amines is 1. The van der Waals surface area contributed by atoms with Crippen LogP contribution in [0.5, 0.6) is 0 Å². The summed E-state index contributed by atoms with van der Waals surface area (Å²) in [7, 11) is 0. The standard InChI is InChI=1S/C11H17N3S/c1-2-14-10(12-13-11(14)15)9-6-7-3-4-8(9)5-7/h7-9H,2-6H2,1H3,(H,13,15). The van der Waals surface area contributed by atoms with Gasteiger partial charge in [-0.1, -0.05) is 6.42 Å². The van der Waals surface area contributed by atoms with Gasteiger partial charge in [-0.05, 0) is 50.2 Å². The highest BCUT2D eigenvalue weighted by Gasteiger charge is 2.42. The summed E-state index contributed by atoms with van der Waals surface area (Å²) in [5.41, 5.74) is 0. The van der Waals surface area contributed by atoms with E-state index in [1.165, 1.54) is 31.5 Å². The van der Waals surface area contributed by atoms with Crippen LogP contribution in [0.2, 0.25) is 0 Å². The molecule has 15 heavy (non-hydrogen) atoms. The summed E-state index contributed by atoms with van der Waals surface area (Å²) in [5.74, 6) is 3.74. The predicted octanol–water partition coefficient (Wildman–Crippen LogP) is 2.86. The van der Waals surface area contributed by atoms with E-state index in [2.05, 4.69) is 21.7 Å². The van der Waals surface area contributed by atoms with Crippen LogP contribution in [0.1, 0.15) is 44.3 Å². The SMILES string of the molecule is CCn1c(C2CC3CCC2C3)n[nH]c1=S. The quantitative estimate of drug-likeness (QED) is 0.782. The third kappa shape index (κ3) is 1.38. The molecule has 2 aliphatic carbocycles. The number of aromatic nitrogens is 3. The van der Waals surface area contributed by atoms with Crippen molar-refractivity contribution in [2.45, 2.75) is 45.1 Å². The first-order valence-electron chi connectivity index (χ1n) is 5.94. The first kappa shape index (κ1) is 9.58. The van der Waals surface area contributed by atoms with Crippen LogP contribution in [-0.4, -0.2) is 14.8 Å². The highest BCUT2D eigenvalue weighted by atomic mass is 32.1. The molecule has 1 aromatic rings. The molecule has 3 nitrogen and oxygen atoms in total. The molecule has 0 amide bonds. The molecule has 3 atom stereocenters. The van der Waals surface area contributed by atoms with E-state index < -0.39 is 0 Å². The minimum atomic E-state index is 0.677. The normalized spacial score (nSPS) is 33.8. The van der Waals surface area contributed by atoms with E-state index in [4.69, 9.17) is 12.2 Å². The summed E-state index contributed by atoms with van der Waals surface area (Å²) in [6.07, 6.45) is 5.61. The number of hydrogen-bond acceptors (Lipinski definition) is 2. The highest BCUT2D eigenvalue weighted by molar-refractivity contribution is 7.71. The van der Waals surface area contributed by atoms with Crippen molar-refractivity contribution in [3.8, 4) is 0 Å². The van der Waals surface area contributed by atoms with Crippen LogP contribution in [0.25, 0.3) is 0 Å². The molecule has 0 saturated heterocycles. The van der Waals surface area contributed by atoms with Gasteiger partial charge in [0, 0.05) is 12.5 Å². The van der Waals surface area contributed by atoms with Gasteiger partial charge in [-0.2, -0.15) is 5.10 Å². The van der Waals surface area contributed by atoms with Crippen molar-refractivity contribution >= 4 is 12.2 Å².